The van der Waals surface area contributed by atoms with E-state index >= 15 is 0 Å². The maximum atomic E-state index is 12.9. The first-order chi connectivity index (χ1) is 14.5. The van der Waals surface area contributed by atoms with E-state index in [2.05, 4.69) is 21.4 Å². The maximum Gasteiger partial charge on any atom is 0.238 e. The SMILES string of the molecule is Cc1nc(SC(C)C(=O)Nc2sc3c(c2C#N)CCCC3)cc(-c2ccccc2)n1. The van der Waals surface area contributed by atoms with Gasteiger partial charge in [0.15, 0.2) is 0 Å². The number of carbonyl (C=O) groups excluding carboxylic acids is 1. The minimum atomic E-state index is -0.353. The molecule has 0 spiro atoms. The fourth-order valence-corrected chi connectivity index (χ4v) is 5.71. The number of fused-ring (bicyclic) bond motifs is 1. The number of carbonyl (C=O) groups is 1. The number of aromatic nitrogens is 2. The van der Waals surface area contributed by atoms with Crippen molar-refractivity contribution in [1.29, 1.82) is 5.26 Å². The van der Waals surface area contributed by atoms with Gasteiger partial charge < -0.3 is 5.32 Å². The van der Waals surface area contributed by atoms with Crippen LogP contribution in [0.15, 0.2) is 41.4 Å². The van der Waals surface area contributed by atoms with Gasteiger partial charge in [0, 0.05) is 10.4 Å². The highest BCUT2D eigenvalue weighted by atomic mass is 32.2. The molecule has 4 rings (SSSR count). The number of hydrogen-bond donors (Lipinski definition) is 1. The largest absolute Gasteiger partial charge is 0.316 e. The lowest BCUT2D eigenvalue weighted by atomic mass is 9.96. The van der Waals surface area contributed by atoms with Gasteiger partial charge in [-0.2, -0.15) is 5.26 Å². The van der Waals surface area contributed by atoms with Crippen LogP contribution in [0.25, 0.3) is 11.3 Å². The second kappa shape index (κ2) is 8.99. The van der Waals surface area contributed by atoms with Gasteiger partial charge in [0.1, 0.15) is 21.9 Å². The molecule has 2 heterocycles. The van der Waals surface area contributed by atoms with Crippen molar-refractivity contribution in [2.75, 3.05) is 5.32 Å². The number of thiophene rings is 1. The number of anilines is 1. The molecule has 0 saturated carbocycles. The van der Waals surface area contributed by atoms with E-state index in [1.807, 2.05) is 50.2 Å². The van der Waals surface area contributed by atoms with E-state index in [-0.39, 0.29) is 11.2 Å². The van der Waals surface area contributed by atoms with Crippen LogP contribution in [0.2, 0.25) is 0 Å². The highest BCUT2D eigenvalue weighted by molar-refractivity contribution is 8.00. The van der Waals surface area contributed by atoms with Crippen LogP contribution in [0, 0.1) is 18.3 Å². The van der Waals surface area contributed by atoms with Gasteiger partial charge in [-0.15, -0.1) is 11.3 Å². The van der Waals surface area contributed by atoms with Gasteiger partial charge >= 0.3 is 0 Å². The zero-order valence-electron chi connectivity index (χ0n) is 16.9. The number of nitrogens with zero attached hydrogens (tertiary/aromatic N) is 3. The Morgan fingerprint density at radius 1 is 1.23 bits per heavy atom. The lowest BCUT2D eigenvalue weighted by molar-refractivity contribution is -0.115. The third kappa shape index (κ3) is 4.40. The first-order valence-corrected chi connectivity index (χ1v) is 11.7. The number of aryl methyl sites for hydroxylation is 2. The fourth-order valence-electron chi connectivity index (χ4n) is 3.58. The standard InChI is InChI=1S/C23H22N4OS2/c1-14(22(28)27-23-18(13-24)17-10-6-7-11-20(17)30-23)29-21-12-19(25-15(2)26-21)16-8-4-3-5-9-16/h3-5,8-9,12,14H,6-7,10-11H2,1-2H3,(H,27,28). The monoisotopic (exact) mass is 434 g/mol. The Bertz CT molecular complexity index is 1120. The van der Waals surface area contributed by atoms with Crippen LogP contribution in [-0.4, -0.2) is 21.1 Å². The van der Waals surface area contributed by atoms with E-state index < -0.39 is 0 Å². The summed E-state index contributed by atoms with van der Waals surface area (Å²) in [6, 6.07) is 14.2. The van der Waals surface area contributed by atoms with Gasteiger partial charge in [-0.3, -0.25) is 4.79 Å². The molecule has 1 unspecified atom stereocenters. The normalized spacial score (nSPS) is 13.9. The van der Waals surface area contributed by atoms with Crippen LogP contribution in [-0.2, 0) is 17.6 Å². The number of nitriles is 1. The molecule has 2 aromatic heterocycles. The molecule has 1 aliphatic carbocycles. The van der Waals surface area contributed by atoms with Crippen LogP contribution in [0.3, 0.4) is 0 Å². The number of nitrogens with one attached hydrogen (secondary N) is 1. The minimum Gasteiger partial charge on any atom is -0.316 e. The van der Waals surface area contributed by atoms with E-state index in [0.717, 1.165) is 47.5 Å². The van der Waals surface area contributed by atoms with Gasteiger partial charge in [0.2, 0.25) is 5.91 Å². The number of thioether (sulfide) groups is 1. The molecule has 0 saturated heterocycles. The molecule has 5 nitrogen and oxygen atoms in total. The molecule has 1 N–H and O–H groups in total. The van der Waals surface area contributed by atoms with Crippen molar-refractivity contribution in [3.63, 3.8) is 0 Å². The van der Waals surface area contributed by atoms with E-state index in [4.69, 9.17) is 0 Å². The fraction of sp³-hybridized carbons (Fsp3) is 0.304. The summed E-state index contributed by atoms with van der Waals surface area (Å²) in [7, 11) is 0. The second-order valence-electron chi connectivity index (χ2n) is 7.28. The number of rotatable bonds is 5. The molecule has 0 bridgehead atoms. The van der Waals surface area contributed by atoms with Crippen LogP contribution in [0.1, 0.15) is 41.6 Å². The Morgan fingerprint density at radius 3 is 2.77 bits per heavy atom. The molecule has 152 valence electrons. The Labute approximate surface area is 184 Å². The third-order valence-corrected chi connectivity index (χ3v) is 7.30. The lowest BCUT2D eigenvalue weighted by Crippen LogP contribution is -2.22. The molecule has 3 aromatic rings. The Balaban J connectivity index is 1.50. The minimum absolute atomic E-state index is 0.118. The molecule has 7 heteroatoms. The van der Waals surface area contributed by atoms with Crippen molar-refractivity contribution >= 4 is 34.0 Å². The molecule has 1 amide bonds. The van der Waals surface area contributed by atoms with E-state index in [9.17, 15) is 10.1 Å². The van der Waals surface area contributed by atoms with Crippen molar-refractivity contribution in [2.45, 2.75) is 49.8 Å². The number of hydrogen-bond acceptors (Lipinski definition) is 6. The van der Waals surface area contributed by atoms with Crippen molar-refractivity contribution in [3.05, 3.63) is 58.2 Å². The Hall–Kier alpha value is -2.69. The van der Waals surface area contributed by atoms with Gasteiger partial charge in [0.25, 0.3) is 0 Å². The van der Waals surface area contributed by atoms with Crippen LogP contribution < -0.4 is 5.32 Å². The van der Waals surface area contributed by atoms with Crippen molar-refractivity contribution in [1.82, 2.24) is 9.97 Å². The topological polar surface area (TPSA) is 78.7 Å². The molecule has 0 fully saturated rings. The molecule has 1 aromatic carbocycles. The zero-order chi connectivity index (χ0) is 21.1. The summed E-state index contributed by atoms with van der Waals surface area (Å²) >= 11 is 2.95. The van der Waals surface area contributed by atoms with Crippen LogP contribution in [0.5, 0.6) is 0 Å². The van der Waals surface area contributed by atoms with Crippen LogP contribution >= 0.6 is 23.1 Å². The zero-order valence-corrected chi connectivity index (χ0v) is 18.6. The summed E-state index contributed by atoms with van der Waals surface area (Å²) in [6.07, 6.45) is 4.18. The van der Waals surface area contributed by atoms with Gasteiger partial charge in [-0.05, 0) is 51.2 Å². The van der Waals surface area contributed by atoms with Crippen molar-refractivity contribution in [2.24, 2.45) is 0 Å². The highest BCUT2D eigenvalue weighted by Crippen LogP contribution is 2.38. The molecular weight excluding hydrogens is 412 g/mol. The summed E-state index contributed by atoms with van der Waals surface area (Å²) in [4.78, 5) is 23.1. The molecule has 1 aliphatic rings. The molecule has 1 atom stereocenters. The lowest BCUT2D eigenvalue weighted by Gasteiger charge is -2.12. The average Bonchev–Trinajstić information content (AvgIpc) is 3.10. The van der Waals surface area contributed by atoms with Crippen LogP contribution in [0.4, 0.5) is 5.00 Å². The van der Waals surface area contributed by atoms with E-state index in [0.29, 0.717) is 16.4 Å². The quantitative estimate of drug-likeness (QED) is 0.431. The van der Waals surface area contributed by atoms with Crippen molar-refractivity contribution in [3.8, 4) is 17.3 Å². The van der Waals surface area contributed by atoms with Gasteiger partial charge in [-0.1, -0.05) is 42.1 Å². The first-order valence-electron chi connectivity index (χ1n) is 9.98. The van der Waals surface area contributed by atoms with Crippen molar-refractivity contribution < 1.29 is 4.79 Å². The smallest absolute Gasteiger partial charge is 0.238 e. The van der Waals surface area contributed by atoms with Gasteiger partial charge in [-0.25, -0.2) is 9.97 Å². The predicted octanol–water partition coefficient (Wildman–Crippen LogP) is 5.38. The summed E-state index contributed by atoms with van der Waals surface area (Å²) in [5.74, 6) is 0.553. The summed E-state index contributed by atoms with van der Waals surface area (Å²) in [5, 5.41) is 13.7. The highest BCUT2D eigenvalue weighted by Gasteiger charge is 2.24. The predicted molar refractivity (Wildman–Crippen MR) is 122 cm³/mol. The van der Waals surface area contributed by atoms with E-state index in [1.54, 1.807) is 11.3 Å². The number of amides is 1. The molecule has 30 heavy (non-hydrogen) atoms. The van der Waals surface area contributed by atoms with E-state index in [1.165, 1.54) is 16.6 Å². The first kappa shape index (κ1) is 20.6. The Morgan fingerprint density at radius 2 is 2.00 bits per heavy atom. The summed E-state index contributed by atoms with van der Waals surface area (Å²) in [5.41, 5.74) is 3.63. The molecule has 0 aliphatic heterocycles. The maximum absolute atomic E-state index is 12.9. The summed E-state index contributed by atoms with van der Waals surface area (Å²) in [6.45, 7) is 3.72. The molecular formula is C23H22N4OS2. The third-order valence-electron chi connectivity index (χ3n) is 5.07. The Kier molecular flexibility index (Phi) is 6.16. The summed E-state index contributed by atoms with van der Waals surface area (Å²) < 4.78 is 0. The van der Waals surface area contributed by atoms with Gasteiger partial charge in [0.05, 0.1) is 16.5 Å². The average molecular weight is 435 g/mol. The number of benzene rings is 1. The second-order valence-corrected chi connectivity index (χ2v) is 9.75. The molecule has 0 radical (unpaired) electrons.